The van der Waals surface area contributed by atoms with Crippen LogP contribution in [0.25, 0.3) is 23.2 Å². The lowest BCUT2D eigenvalue weighted by Crippen LogP contribution is -2.07. The zero-order valence-electron chi connectivity index (χ0n) is 16.6. The summed E-state index contributed by atoms with van der Waals surface area (Å²) >= 11 is 0.952. The molecule has 0 amide bonds. The molecule has 3 aromatic rings. The number of aromatic nitrogens is 3. The predicted molar refractivity (Wildman–Crippen MR) is 114 cm³/mol. The lowest BCUT2D eigenvalue weighted by atomic mass is 10.2. The predicted octanol–water partition coefficient (Wildman–Crippen LogP) is 6.25. The van der Waals surface area contributed by atoms with Gasteiger partial charge in [0.25, 0.3) is 0 Å². The van der Waals surface area contributed by atoms with Crippen LogP contribution in [0, 0.1) is 6.92 Å². The summed E-state index contributed by atoms with van der Waals surface area (Å²) in [6.45, 7) is 5.59. The Morgan fingerprint density at radius 2 is 1.83 bits per heavy atom. The Kier molecular flexibility index (Phi) is 6.36. The number of rotatable bonds is 6. The van der Waals surface area contributed by atoms with Gasteiger partial charge in [0, 0.05) is 6.04 Å². The van der Waals surface area contributed by atoms with E-state index < -0.39 is 11.9 Å². The maximum atomic E-state index is 12.9. The SMILES string of the molecule is Cc1nc(C(F)(F)F)c(/C=C/C=C/C(=O)/C=C/c2nc3ccccc3n2C(C)C)s1. The molecule has 0 fully saturated rings. The molecule has 8 heteroatoms. The molecule has 4 nitrogen and oxygen atoms in total. The van der Waals surface area contributed by atoms with Crippen LogP contribution >= 0.6 is 11.3 Å². The van der Waals surface area contributed by atoms with Crippen molar-refractivity contribution < 1.29 is 18.0 Å². The molecule has 2 aromatic heterocycles. The number of benzene rings is 1. The molecule has 0 N–H and O–H groups in total. The fraction of sp³-hybridized carbons (Fsp3) is 0.227. The van der Waals surface area contributed by atoms with E-state index in [1.807, 2.05) is 42.7 Å². The zero-order valence-corrected chi connectivity index (χ0v) is 17.5. The van der Waals surface area contributed by atoms with Crippen LogP contribution in [0.5, 0.6) is 0 Å². The third-order valence-corrected chi connectivity index (χ3v) is 5.12. The number of fused-ring (bicyclic) bond motifs is 1. The third kappa shape index (κ3) is 4.94. The Morgan fingerprint density at radius 1 is 1.10 bits per heavy atom. The summed E-state index contributed by atoms with van der Waals surface area (Å²) in [5.74, 6) is 0.372. The van der Waals surface area contributed by atoms with Gasteiger partial charge in [0.15, 0.2) is 11.5 Å². The van der Waals surface area contributed by atoms with Crippen molar-refractivity contribution in [2.24, 2.45) is 0 Å². The Bertz CT molecular complexity index is 1150. The second-order valence-electron chi connectivity index (χ2n) is 6.82. The number of para-hydroxylation sites is 2. The fourth-order valence-corrected chi connectivity index (χ4v) is 3.85. The van der Waals surface area contributed by atoms with Gasteiger partial charge in [-0.05, 0) is 57.2 Å². The first-order valence-electron chi connectivity index (χ1n) is 9.25. The number of carbonyl (C=O) groups excluding carboxylic acids is 1. The second-order valence-corrected chi connectivity index (χ2v) is 8.05. The number of hydrogen-bond donors (Lipinski definition) is 0. The van der Waals surface area contributed by atoms with Crippen molar-refractivity contribution in [1.29, 1.82) is 0 Å². The van der Waals surface area contributed by atoms with Crippen molar-refractivity contribution >= 4 is 40.3 Å². The van der Waals surface area contributed by atoms with Crippen molar-refractivity contribution in [3.05, 3.63) is 70.0 Å². The monoisotopic (exact) mass is 431 g/mol. The number of allylic oxidation sites excluding steroid dienone is 4. The lowest BCUT2D eigenvalue weighted by molar-refractivity contribution is -0.140. The summed E-state index contributed by atoms with van der Waals surface area (Å²) in [5.41, 5.74) is 0.920. The molecule has 156 valence electrons. The van der Waals surface area contributed by atoms with E-state index in [1.54, 1.807) is 6.08 Å². The number of ketones is 1. The summed E-state index contributed by atoms with van der Waals surface area (Å²) in [7, 11) is 0. The van der Waals surface area contributed by atoms with E-state index in [4.69, 9.17) is 0 Å². The highest BCUT2D eigenvalue weighted by atomic mass is 32.1. The molecular weight excluding hydrogens is 411 g/mol. The fourth-order valence-electron chi connectivity index (χ4n) is 2.99. The van der Waals surface area contributed by atoms with Crippen molar-refractivity contribution in [3.63, 3.8) is 0 Å². The molecule has 0 unspecified atom stereocenters. The average molecular weight is 431 g/mol. The van der Waals surface area contributed by atoms with E-state index in [2.05, 4.69) is 9.97 Å². The number of nitrogens with zero attached hydrogens (tertiary/aromatic N) is 3. The van der Waals surface area contributed by atoms with Gasteiger partial charge in [-0.2, -0.15) is 13.2 Å². The molecule has 0 bridgehead atoms. The maximum absolute atomic E-state index is 12.9. The molecule has 2 heterocycles. The van der Waals surface area contributed by atoms with E-state index in [-0.39, 0.29) is 16.7 Å². The summed E-state index contributed by atoms with van der Waals surface area (Å²) in [5, 5.41) is 0.331. The topological polar surface area (TPSA) is 47.8 Å². The number of hydrogen-bond acceptors (Lipinski definition) is 4. The summed E-state index contributed by atoms with van der Waals surface area (Å²) < 4.78 is 40.9. The van der Waals surface area contributed by atoms with Gasteiger partial charge in [-0.15, -0.1) is 11.3 Å². The van der Waals surface area contributed by atoms with Crippen LogP contribution in [-0.2, 0) is 11.0 Å². The van der Waals surface area contributed by atoms with E-state index >= 15 is 0 Å². The first kappa shape index (κ1) is 21.7. The molecule has 0 spiro atoms. The zero-order chi connectivity index (χ0) is 21.9. The van der Waals surface area contributed by atoms with Gasteiger partial charge in [0.2, 0.25) is 0 Å². The maximum Gasteiger partial charge on any atom is 0.434 e. The Labute approximate surface area is 176 Å². The lowest BCUT2D eigenvalue weighted by Gasteiger charge is -2.10. The quantitative estimate of drug-likeness (QED) is 0.342. The van der Waals surface area contributed by atoms with Gasteiger partial charge in [-0.1, -0.05) is 24.3 Å². The largest absolute Gasteiger partial charge is 0.434 e. The van der Waals surface area contributed by atoms with Crippen molar-refractivity contribution in [2.45, 2.75) is 33.0 Å². The third-order valence-electron chi connectivity index (χ3n) is 4.18. The van der Waals surface area contributed by atoms with Crippen molar-refractivity contribution in [1.82, 2.24) is 14.5 Å². The molecule has 1 aromatic carbocycles. The van der Waals surface area contributed by atoms with Crippen LogP contribution in [0.2, 0.25) is 0 Å². The van der Waals surface area contributed by atoms with Crippen LogP contribution in [0.15, 0.2) is 48.6 Å². The number of alkyl halides is 3. The van der Waals surface area contributed by atoms with E-state index in [1.165, 1.54) is 37.3 Å². The highest BCUT2D eigenvalue weighted by Crippen LogP contribution is 2.34. The minimum atomic E-state index is -4.51. The highest BCUT2D eigenvalue weighted by molar-refractivity contribution is 7.12. The molecule has 30 heavy (non-hydrogen) atoms. The molecule has 0 aliphatic heterocycles. The molecule has 0 radical (unpaired) electrons. The minimum Gasteiger partial charge on any atom is -0.322 e. The van der Waals surface area contributed by atoms with Crippen molar-refractivity contribution in [3.8, 4) is 0 Å². The van der Waals surface area contributed by atoms with Crippen LogP contribution in [0.1, 0.15) is 41.3 Å². The van der Waals surface area contributed by atoms with Gasteiger partial charge in [-0.3, -0.25) is 4.79 Å². The second kappa shape index (κ2) is 8.79. The standard InChI is InChI=1S/C22H20F3N3OS/c1-14(2)28-18-10-6-5-9-17(18)27-20(28)13-12-16(29)8-4-7-11-19-21(22(23,24)25)26-15(3)30-19/h4-14H,1-3H3/b8-4+,11-7+,13-12+. The molecule has 0 atom stereocenters. The smallest absolute Gasteiger partial charge is 0.322 e. The number of halogens is 3. The molecule has 0 aliphatic carbocycles. The van der Waals surface area contributed by atoms with E-state index in [0.717, 1.165) is 22.4 Å². The number of carbonyl (C=O) groups is 1. The molecular formula is C22H20F3N3OS. The Morgan fingerprint density at radius 3 is 2.53 bits per heavy atom. The molecule has 0 aliphatic rings. The molecule has 3 rings (SSSR count). The van der Waals surface area contributed by atoms with Gasteiger partial charge >= 0.3 is 6.18 Å². The average Bonchev–Trinajstić information content (AvgIpc) is 3.23. The first-order chi connectivity index (χ1) is 14.2. The summed E-state index contributed by atoms with van der Waals surface area (Å²) in [6, 6.07) is 7.89. The van der Waals surface area contributed by atoms with Gasteiger partial charge in [0.05, 0.1) is 20.9 Å². The number of aryl methyl sites for hydroxylation is 1. The molecule has 0 saturated carbocycles. The van der Waals surface area contributed by atoms with Crippen LogP contribution < -0.4 is 0 Å². The van der Waals surface area contributed by atoms with Crippen LogP contribution in [0.4, 0.5) is 13.2 Å². The number of imidazole rings is 1. The van der Waals surface area contributed by atoms with Gasteiger partial charge in [0.1, 0.15) is 5.82 Å². The summed E-state index contributed by atoms with van der Waals surface area (Å²) in [4.78, 5) is 20.2. The van der Waals surface area contributed by atoms with Crippen molar-refractivity contribution in [2.75, 3.05) is 0 Å². The summed E-state index contributed by atoms with van der Waals surface area (Å²) in [6.07, 6.45) is 3.93. The molecule has 0 saturated heterocycles. The Hall–Kier alpha value is -3.00. The van der Waals surface area contributed by atoms with Gasteiger partial charge in [-0.25, -0.2) is 9.97 Å². The van der Waals surface area contributed by atoms with E-state index in [0.29, 0.717) is 10.8 Å². The van der Waals surface area contributed by atoms with E-state index in [9.17, 15) is 18.0 Å². The Balaban J connectivity index is 1.73. The van der Waals surface area contributed by atoms with Crippen LogP contribution in [-0.4, -0.2) is 20.3 Å². The number of thiazole rings is 1. The van der Waals surface area contributed by atoms with Gasteiger partial charge < -0.3 is 4.57 Å². The van der Waals surface area contributed by atoms with Crippen LogP contribution in [0.3, 0.4) is 0 Å². The first-order valence-corrected chi connectivity index (χ1v) is 10.1. The minimum absolute atomic E-state index is 0.0123. The normalized spacial score (nSPS) is 13.0. The highest BCUT2D eigenvalue weighted by Gasteiger charge is 2.36.